The molecule has 3 aromatic rings. The first-order valence-electron chi connectivity index (χ1n) is 13.6. The third-order valence-corrected chi connectivity index (χ3v) is 10.8. The van der Waals surface area contributed by atoms with E-state index in [1.165, 1.54) is 22.7 Å². The first kappa shape index (κ1) is 29.4. The zero-order chi connectivity index (χ0) is 28.2. The van der Waals surface area contributed by atoms with Gasteiger partial charge in [-0.1, -0.05) is 12.8 Å². The molecule has 218 valence electrons. The van der Waals surface area contributed by atoms with Crippen LogP contribution in [0.4, 0.5) is 10.0 Å². The molecule has 3 aromatic heterocycles. The van der Waals surface area contributed by atoms with Crippen molar-refractivity contribution in [1.82, 2.24) is 10.6 Å². The van der Waals surface area contributed by atoms with Gasteiger partial charge in [-0.05, 0) is 24.5 Å². The van der Waals surface area contributed by atoms with Crippen LogP contribution >= 0.6 is 34.0 Å². The lowest BCUT2D eigenvalue weighted by atomic mass is 9.91. The van der Waals surface area contributed by atoms with Crippen LogP contribution in [-0.2, 0) is 9.53 Å². The van der Waals surface area contributed by atoms with E-state index in [0.29, 0.717) is 19.9 Å². The number of nitrogens with two attached hydrogens (primary N) is 4. The van der Waals surface area contributed by atoms with Gasteiger partial charge in [0.15, 0.2) is 5.43 Å². The van der Waals surface area contributed by atoms with Crippen LogP contribution in [0.15, 0.2) is 27.7 Å². The van der Waals surface area contributed by atoms with Crippen molar-refractivity contribution >= 4 is 59.3 Å². The molecule has 1 aliphatic heterocycles. The van der Waals surface area contributed by atoms with Crippen LogP contribution in [0.3, 0.4) is 0 Å². The van der Waals surface area contributed by atoms with Crippen LogP contribution < -0.4 is 49.2 Å². The van der Waals surface area contributed by atoms with E-state index in [1.807, 2.05) is 16.8 Å². The molecule has 4 atom stereocenters. The van der Waals surface area contributed by atoms with Crippen LogP contribution in [-0.4, -0.2) is 63.3 Å². The van der Waals surface area contributed by atoms with Crippen molar-refractivity contribution in [3.63, 3.8) is 0 Å². The fourth-order valence-corrected chi connectivity index (χ4v) is 8.56. The molecule has 11 N–H and O–H groups in total. The standard InChI is InChI=1S/C26H38N8O3S3/c27-16-3-1-2-4-17(16)31-13-32-26(21(24(28)29)25(30)36)33-19-9-14(11-38-19)15-12-39-23-18(35)10-20(40-22(15)23)34-5-7-37-8-6-34/h9-12,16-17,21,24,26,31-33H,1-8,13,27-29H2,(H2,30,36)/t16-,17+,21?,26?/m1/s1. The summed E-state index contributed by atoms with van der Waals surface area (Å²) in [7, 11) is 0. The smallest absolute Gasteiger partial charge is 0.226 e. The molecule has 11 nitrogen and oxygen atoms in total. The van der Waals surface area contributed by atoms with Gasteiger partial charge in [-0.25, -0.2) is 0 Å². The third-order valence-electron chi connectivity index (χ3n) is 7.57. The molecule has 2 fully saturated rings. The van der Waals surface area contributed by atoms with Gasteiger partial charge in [-0.3, -0.25) is 14.9 Å². The van der Waals surface area contributed by atoms with Gasteiger partial charge < -0.3 is 43.2 Å². The third kappa shape index (κ3) is 6.66. The van der Waals surface area contributed by atoms with E-state index in [-0.39, 0.29) is 17.5 Å². The van der Waals surface area contributed by atoms with E-state index in [4.69, 9.17) is 27.7 Å². The van der Waals surface area contributed by atoms with Crippen molar-refractivity contribution in [3.8, 4) is 11.1 Å². The molecule has 0 aromatic carbocycles. The Balaban J connectivity index is 1.35. The largest absolute Gasteiger partial charge is 0.378 e. The fourth-order valence-electron chi connectivity index (χ4n) is 5.33. The van der Waals surface area contributed by atoms with Crippen LogP contribution in [0.25, 0.3) is 20.5 Å². The maximum absolute atomic E-state index is 12.9. The molecule has 4 heterocycles. The van der Waals surface area contributed by atoms with Crippen molar-refractivity contribution in [2.75, 3.05) is 43.2 Å². The number of ether oxygens (including phenoxy) is 1. The molecule has 1 aliphatic carbocycles. The number of rotatable bonds is 11. The normalized spacial score (nSPS) is 21.6. The second-order valence-corrected chi connectivity index (χ2v) is 13.1. The molecule has 0 radical (unpaired) electrons. The molecule has 5 rings (SSSR count). The lowest BCUT2D eigenvalue weighted by molar-refractivity contribution is -0.123. The topological polar surface area (TPSA) is 187 Å². The zero-order valence-corrected chi connectivity index (χ0v) is 24.7. The lowest BCUT2D eigenvalue weighted by Crippen LogP contribution is -2.60. The highest BCUT2D eigenvalue weighted by molar-refractivity contribution is 7.28. The lowest BCUT2D eigenvalue weighted by Gasteiger charge is -2.33. The minimum atomic E-state index is -0.949. The Morgan fingerprint density at radius 1 is 1.10 bits per heavy atom. The number of hydrogen-bond donors (Lipinski definition) is 7. The molecule has 0 bridgehead atoms. The molecule has 1 amide bonds. The van der Waals surface area contributed by atoms with E-state index in [1.54, 1.807) is 17.4 Å². The first-order valence-corrected chi connectivity index (χ1v) is 16.2. The van der Waals surface area contributed by atoms with Gasteiger partial charge >= 0.3 is 0 Å². The average Bonchev–Trinajstić information content (AvgIpc) is 3.57. The summed E-state index contributed by atoms with van der Waals surface area (Å²) in [6.45, 7) is 3.28. The van der Waals surface area contributed by atoms with Crippen molar-refractivity contribution in [3.05, 3.63) is 33.1 Å². The number of carbonyl (C=O) groups excluding carboxylic acids is 1. The monoisotopic (exact) mass is 606 g/mol. The number of thiophene rings is 2. The fraction of sp³-hybridized carbons (Fsp3) is 0.538. The minimum Gasteiger partial charge on any atom is -0.378 e. The highest BCUT2D eigenvalue weighted by Crippen LogP contribution is 2.41. The summed E-state index contributed by atoms with van der Waals surface area (Å²) in [5.74, 6) is -1.44. The Labute approximate surface area is 245 Å². The number of fused-ring (bicyclic) bond motifs is 1. The maximum atomic E-state index is 12.9. The van der Waals surface area contributed by atoms with Crippen molar-refractivity contribution < 1.29 is 9.53 Å². The summed E-state index contributed by atoms with van der Waals surface area (Å²) >= 11 is 4.60. The molecule has 40 heavy (non-hydrogen) atoms. The number of nitrogens with zero attached hydrogens (tertiary/aromatic N) is 1. The summed E-state index contributed by atoms with van der Waals surface area (Å²) in [4.78, 5) is 27.5. The molecular formula is C26H38N8O3S3. The molecule has 2 aliphatic rings. The number of amides is 1. The van der Waals surface area contributed by atoms with Gasteiger partial charge in [0, 0.05) is 54.2 Å². The number of anilines is 2. The van der Waals surface area contributed by atoms with Gasteiger partial charge in [0.2, 0.25) is 5.91 Å². The Kier molecular flexibility index (Phi) is 9.71. The Bertz CT molecular complexity index is 1350. The predicted octanol–water partition coefficient (Wildman–Crippen LogP) is 1.38. The van der Waals surface area contributed by atoms with E-state index >= 15 is 0 Å². The van der Waals surface area contributed by atoms with E-state index < -0.39 is 24.2 Å². The number of carbonyl (C=O) groups is 1. The molecule has 14 heteroatoms. The SMILES string of the molecule is NC(=O)C(C(N)N)C(NCN[C@H]1CCCC[C@H]1N)Nc1cc(-c2csc3c(=O)cc(N4CCOCC4)sc23)cs1. The molecule has 1 saturated heterocycles. The van der Waals surface area contributed by atoms with Crippen molar-refractivity contribution in [2.45, 2.75) is 50.1 Å². The Hall–Kier alpha value is -2.14. The summed E-state index contributed by atoms with van der Waals surface area (Å²) in [5.41, 5.74) is 26.0. The number of hydrogen-bond acceptors (Lipinski definition) is 13. The maximum Gasteiger partial charge on any atom is 0.226 e. The van der Waals surface area contributed by atoms with Crippen LogP contribution in [0.2, 0.25) is 0 Å². The summed E-state index contributed by atoms with van der Waals surface area (Å²) < 4.78 is 7.21. The van der Waals surface area contributed by atoms with Gasteiger partial charge in [-0.2, -0.15) is 0 Å². The quantitative estimate of drug-likeness (QED) is 0.157. The summed E-state index contributed by atoms with van der Waals surface area (Å²) in [5, 5.41) is 16.1. The summed E-state index contributed by atoms with van der Waals surface area (Å²) in [6, 6.07) is 4.06. The molecular weight excluding hydrogens is 569 g/mol. The Morgan fingerprint density at radius 2 is 1.88 bits per heavy atom. The van der Waals surface area contributed by atoms with Gasteiger partial charge in [0.05, 0.1) is 50.9 Å². The zero-order valence-electron chi connectivity index (χ0n) is 22.3. The van der Waals surface area contributed by atoms with Gasteiger partial charge in [0.25, 0.3) is 0 Å². The predicted molar refractivity (Wildman–Crippen MR) is 166 cm³/mol. The van der Waals surface area contributed by atoms with Crippen molar-refractivity contribution in [1.29, 1.82) is 0 Å². The molecule has 2 unspecified atom stereocenters. The summed E-state index contributed by atoms with van der Waals surface area (Å²) in [6.07, 6.45) is 2.75. The van der Waals surface area contributed by atoms with Gasteiger partial charge in [0.1, 0.15) is 0 Å². The number of primary amides is 1. The Morgan fingerprint density at radius 3 is 2.60 bits per heavy atom. The average molecular weight is 607 g/mol. The van der Waals surface area contributed by atoms with Crippen molar-refractivity contribution in [2.24, 2.45) is 28.9 Å². The van der Waals surface area contributed by atoms with E-state index in [2.05, 4.69) is 20.9 Å². The number of morpholine rings is 1. The number of nitrogens with one attached hydrogen (secondary N) is 3. The van der Waals surface area contributed by atoms with Gasteiger partial charge in [-0.15, -0.1) is 34.0 Å². The van der Waals surface area contributed by atoms with E-state index in [9.17, 15) is 9.59 Å². The first-order chi connectivity index (χ1) is 19.3. The second kappa shape index (κ2) is 13.2. The molecule has 1 saturated carbocycles. The van der Waals surface area contributed by atoms with Crippen LogP contribution in [0.1, 0.15) is 25.7 Å². The van der Waals surface area contributed by atoms with Crippen LogP contribution in [0, 0.1) is 5.92 Å². The highest BCUT2D eigenvalue weighted by atomic mass is 32.1. The van der Waals surface area contributed by atoms with E-state index in [0.717, 1.165) is 69.3 Å². The van der Waals surface area contributed by atoms with Crippen LogP contribution in [0.5, 0.6) is 0 Å². The highest BCUT2D eigenvalue weighted by Gasteiger charge is 2.31. The molecule has 0 spiro atoms. The minimum absolute atomic E-state index is 0.0377. The second-order valence-electron chi connectivity index (χ2n) is 10.3.